The van der Waals surface area contributed by atoms with Crippen molar-refractivity contribution < 1.29 is 13.9 Å². The second-order valence-electron chi connectivity index (χ2n) is 3.67. The largest absolute Gasteiger partial charge is 0.466 e. The van der Waals surface area contributed by atoms with E-state index in [9.17, 15) is 9.18 Å². The molecule has 1 rings (SSSR count). The van der Waals surface area contributed by atoms with Crippen molar-refractivity contribution in [1.29, 1.82) is 0 Å². The molecule has 16 heavy (non-hydrogen) atoms. The highest BCUT2D eigenvalue weighted by molar-refractivity contribution is 5.69. The Kier molecular flexibility index (Phi) is 5.54. The number of esters is 1. The number of rotatable bonds is 6. The van der Waals surface area contributed by atoms with Crippen LogP contribution in [0.25, 0.3) is 0 Å². The Morgan fingerprint density at radius 3 is 2.81 bits per heavy atom. The number of benzene rings is 1. The average molecular weight is 224 g/mol. The fraction of sp³-hybridized carbons (Fsp3) is 0.462. The average Bonchev–Trinajstić information content (AvgIpc) is 2.28. The van der Waals surface area contributed by atoms with Crippen molar-refractivity contribution in [3.63, 3.8) is 0 Å². The number of aryl methyl sites for hydroxylation is 1. The zero-order chi connectivity index (χ0) is 11.8. The van der Waals surface area contributed by atoms with Crippen LogP contribution in [0.2, 0.25) is 0 Å². The van der Waals surface area contributed by atoms with E-state index in [2.05, 4.69) is 0 Å². The minimum absolute atomic E-state index is 0.241. The quantitative estimate of drug-likeness (QED) is 0.548. The lowest BCUT2D eigenvalue weighted by Crippen LogP contribution is -2.07. The first kappa shape index (κ1) is 12.7. The van der Waals surface area contributed by atoms with Crippen molar-refractivity contribution in [1.82, 2.24) is 0 Å². The molecule has 0 amide bonds. The maximum absolute atomic E-state index is 13.2. The van der Waals surface area contributed by atoms with Gasteiger partial charge in [0.05, 0.1) is 6.61 Å². The van der Waals surface area contributed by atoms with E-state index in [1.807, 2.05) is 6.92 Å². The van der Waals surface area contributed by atoms with Crippen LogP contribution in [0.5, 0.6) is 0 Å². The molecular weight excluding hydrogens is 207 g/mol. The normalized spacial score (nSPS) is 10.1. The van der Waals surface area contributed by atoms with Crippen molar-refractivity contribution in [2.75, 3.05) is 6.61 Å². The highest BCUT2D eigenvalue weighted by atomic mass is 19.1. The van der Waals surface area contributed by atoms with Gasteiger partial charge in [-0.2, -0.15) is 0 Å². The number of unbranched alkanes of at least 4 members (excludes halogenated alkanes) is 1. The molecule has 0 aliphatic heterocycles. The minimum atomic E-state index is -0.260. The number of carbonyl (C=O) groups is 1. The van der Waals surface area contributed by atoms with Crippen LogP contribution < -0.4 is 0 Å². The Morgan fingerprint density at radius 2 is 2.12 bits per heavy atom. The van der Waals surface area contributed by atoms with Gasteiger partial charge in [-0.05, 0) is 24.5 Å². The minimum Gasteiger partial charge on any atom is -0.466 e. The van der Waals surface area contributed by atoms with Gasteiger partial charge in [-0.1, -0.05) is 31.5 Å². The van der Waals surface area contributed by atoms with Gasteiger partial charge >= 0.3 is 5.97 Å². The van der Waals surface area contributed by atoms with Gasteiger partial charge in [0.2, 0.25) is 0 Å². The van der Waals surface area contributed by atoms with Crippen LogP contribution in [0, 0.1) is 5.82 Å². The van der Waals surface area contributed by atoms with Gasteiger partial charge in [-0.15, -0.1) is 0 Å². The topological polar surface area (TPSA) is 26.3 Å². The standard InChI is InChI=1S/C13H17FO2/c1-2-3-10-16-13(15)9-8-11-6-4-5-7-12(11)14/h4-7H,2-3,8-10H2,1H3. The summed E-state index contributed by atoms with van der Waals surface area (Å²) >= 11 is 0. The molecule has 0 heterocycles. The molecule has 0 aromatic heterocycles. The summed E-state index contributed by atoms with van der Waals surface area (Å²) in [4.78, 5) is 11.3. The molecule has 0 radical (unpaired) electrons. The van der Waals surface area contributed by atoms with Gasteiger partial charge in [0, 0.05) is 6.42 Å². The van der Waals surface area contributed by atoms with E-state index in [0.717, 1.165) is 12.8 Å². The molecule has 0 fully saturated rings. The van der Waals surface area contributed by atoms with Crippen LogP contribution in [-0.4, -0.2) is 12.6 Å². The fourth-order valence-corrected chi connectivity index (χ4v) is 1.34. The lowest BCUT2D eigenvalue weighted by Gasteiger charge is -2.04. The van der Waals surface area contributed by atoms with E-state index in [4.69, 9.17) is 4.74 Å². The summed E-state index contributed by atoms with van der Waals surface area (Å²) < 4.78 is 18.2. The Balaban J connectivity index is 2.29. The van der Waals surface area contributed by atoms with E-state index >= 15 is 0 Å². The van der Waals surface area contributed by atoms with Crippen LogP contribution in [0.3, 0.4) is 0 Å². The molecule has 0 unspecified atom stereocenters. The third-order valence-corrected chi connectivity index (χ3v) is 2.32. The Morgan fingerprint density at radius 1 is 1.38 bits per heavy atom. The first-order valence-electron chi connectivity index (χ1n) is 5.63. The van der Waals surface area contributed by atoms with Crippen molar-refractivity contribution in [3.8, 4) is 0 Å². The molecule has 88 valence electrons. The van der Waals surface area contributed by atoms with Gasteiger partial charge in [-0.3, -0.25) is 4.79 Å². The predicted molar refractivity (Wildman–Crippen MR) is 60.6 cm³/mol. The summed E-state index contributed by atoms with van der Waals surface area (Å²) in [5, 5.41) is 0. The SMILES string of the molecule is CCCCOC(=O)CCc1ccccc1F. The maximum atomic E-state index is 13.2. The van der Waals surface area contributed by atoms with E-state index in [-0.39, 0.29) is 18.2 Å². The van der Waals surface area contributed by atoms with Gasteiger partial charge in [0.15, 0.2) is 0 Å². The molecule has 1 aromatic carbocycles. The van der Waals surface area contributed by atoms with Crippen LogP contribution in [0.15, 0.2) is 24.3 Å². The second-order valence-corrected chi connectivity index (χ2v) is 3.67. The lowest BCUT2D eigenvalue weighted by molar-refractivity contribution is -0.143. The van der Waals surface area contributed by atoms with Crippen LogP contribution >= 0.6 is 0 Å². The van der Waals surface area contributed by atoms with Crippen molar-refractivity contribution in [2.24, 2.45) is 0 Å². The van der Waals surface area contributed by atoms with Crippen molar-refractivity contribution in [3.05, 3.63) is 35.6 Å². The number of halogens is 1. The number of hydrogen-bond donors (Lipinski definition) is 0. The third-order valence-electron chi connectivity index (χ3n) is 2.32. The molecule has 0 atom stereocenters. The van der Waals surface area contributed by atoms with Crippen LogP contribution in [0.4, 0.5) is 4.39 Å². The summed E-state index contributed by atoms with van der Waals surface area (Å²) in [6.07, 6.45) is 2.52. The highest BCUT2D eigenvalue weighted by Crippen LogP contribution is 2.09. The van der Waals surface area contributed by atoms with Gasteiger partial charge < -0.3 is 4.74 Å². The molecule has 0 aliphatic carbocycles. The van der Waals surface area contributed by atoms with E-state index in [0.29, 0.717) is 18.6 Å². The maximum Gasteiger partial charge on any atom is 0.306 e. The van der Waals surface area contributed by atoms with Crippen molar-refractivity contribution in [2.45, 2.75) is 32.6 Å². The molecule has 3 heteroatoms. The van der Waals surface area contributed by atoms with Crippen LogP contribution in [0.1, 0.15) is 31.7 Å². The summed E-state index contributed by atoms with van der Waals surface area (Å²) in [6, 6.07) is 6.49. The second kappa shape index (κ2) is 6.99. The van der Waals surface area contributed by atoms with E-state index < -0.39 is 0 Å². The molecule has 1 aromatic rings. The monoisotopic (exact) mass is 224 g/mol. The molecular formula is C13H17FO2. The molecule has 0 saturated heterocycles. The number of ether oxygens (including phenoxy) is 1. The molecule has 0 N–H and O–H groups in total. The summed E-state index contributed by atoms with van der Waals surface area (Å²) in [7, 11) is 0. The summed E-state index contributed by atoms with van der Waals surface area (Å²) in [5.41, 5.74) is 0.565. The Bertz CT molecular complexity index is 336. The smallest absolute Gasteiger partial charge is 0.306 e. The third kappa shape index (κ3) is 4.43. The number of hydrogen-bond acceptors (Lipinski definition) is 2. The zero-order valence-corrected chi connectivity index (χ0v) is 9.54. The lowest BCUT2D eigenvalue weighted by atomic mass is 10.1. The molecule has 0 saturated carbocycles. The van der Waals surface area contributed by atoms with Crippen molar-refractivity contribution >= 4 is 5.97 Å². The molecule has 0 spiro atoms. The summed E-state index contributed by atoms with van der Waals surface area (Å²) in [5.74, 6) is -0.513. The van der Waals surface area contributed by atoms with E-state index in [1.54, 1.807) is 18.2 Å². The molecule has 2 nitrogen and oxygen atoms in total. The first-order valence-corrected chi connectivity index (χ1v) is 5.63. The van der Waals surface area contributed by atoms with Gasteiger partial charge in [0.1, 0.15) is 5.82 Å². The van der Waals surface area contributed by atoms with E-state index in [1.165, 1.54) is 6.07 Å². The molecule has 0 aliphatic rings. The summed E-state index contributed by atoms with van der Waals surface area (Å²) in [6.45, 7) is 2.50. The zero-order valence-electron chi connectivity index (χ0n) is 9.54. The predicted octanol–water partition coefficient (Wildman–Crippen LogP) is 3.10. The molecule has 0 bridgehead atoms. The highest BCUT2D eigenvalue weighted by Gasteiger charge is 2.06. The Labute approximate surface area is 95.4 Å². The first-order chi connectivity index (χ1) is 7.74. The number of carbonyl (C=O) groups excluding carboxylic acids is 1. The van der Waals surface area contributed by atoms with Gasteiger partial charge in [-0.25, -0.2) is 4.39 Å². The fourth-order valence-electron chi connectivity index (χ4n) is 1.34. The van der Waals surface area contributed by atoms with Gasteiger partial charge in [0.25, 0.3) is 0 Å². The Hall–Kier alpha value is -1.38. The van der Waals surface area contributed by atoms with Crippen LogP contribution in [-0.2, 0) is 16.0 Å².